The highest BCUT2D eigenvalue weighted by Gasteiger charge is 2.05. The van der Waals surface area contributed by atoms with Crippen LogP contribution in [0.5, 0.6) is 0 Å². The lowest BCUT2D eigenvalue weighted by atomic mass is 10.0. The van der Waals surface area contributed by atoms with Crippen LogP contribution in [0.2, 0.25) is 0 Å². The quantitative estimate of drug-likeness (QED) is 0.758. The normalized spacial score (nSPS) is 9.86. The second-order valence-electron chi connectivity index (χ2n) is 3.14. The number of carbonyl (C=O) groups is 1. The van der Waals surface area contributed by atoms with Crippen molar-refractivity contribution in [1.29, 1.82) is 0 Å². The third kappa shape index (κ3) is 2.25. The fourth-order valence-electron chi connectivity index (χ4n) is 1.63. The van der Waals surface area contributed by atoms with E-state index in [4.69, 9.17) is 5.73 Å². The Balaban J connectivity index is 3.08. The molecular weight excluding hydrogens is 176 g/mol. The van der Waals surface area contributed by atoms with Crippen LogP contribution in [-0.4, -0.2) is 6.03 Å². The summed E-state index contributed by atoms with van der Waals surface area (Å²) in [6, 6.07) is 5.38. The van der Waals surface area contributed by atoms with Crippen LogP contribution in [-0.2, 0) is 12.8 Å². The maximum atomic E-state index is 10.7. The number of hydrogen-bond acceptors (Lipinski definition) is 1. The summed E-state index contributed by atoms with van der Waals surface area (Å²) >= 11 is 0. The minimum absolute atomic E-state index is 0.507. The lowest BCUT2D eigenvalue weighted by molar-refractivity contribution is 0.259. The predicted octanol–water partition coefficient (Wildman–Crippen LogP) is 2.30. The molecule has 0 aliphatic rings. The van der Waals surface area contributed by atoms with Crippen LogP contribution < -0.4 is 11.1 Å². The summed E-state index contributed by atoms with van der Waals surface area (Å²) in [7, 11) is 0. The Morgan fingerprint density at radius 1 is 1.36 bits per heavy atom. The number of nitrogens with two attached hydrogens (primary N) is 1. The van der Waals surface area contributed by atoms with Gasteiger partial charge in [-0.15, -0.1) is 0 Å². The van der Waals surface area contributed by atoms with Gasteiger partial charge in [0.15, 0.2) is 0 Å². The predicted molar refractivity (Wildman–Crippen MR) is 58.4 cm³/mol. The molecule has 0 fully saturated rings. The molecule has 0 bridgehead atoms. The molecule has 0 heterocycles. The monoisotopic (exact) mass is 192 g/mol. The number of hydrogen-bond donors (Lipinski definition) is 2. The van der Waals surface area contributed by atoms with Crippen LogP contribution in [0, 0.1) is 0 Å². The Hall–Kier alpha value is -1.51. The third-order valence-corrected chi connectivity index (χ3v) is 2.27. The van der Waals surface area contributed by atoms with Crippen molar-refractivity contribution < 1.29 is 4.79 Å². The second-order valence-corrected chi connectivity index (χ2v) is 3.14. The van der Waals surface area contributed by atoms with Crippen molar-refractivity contribution in [2.45, 2.75) is 26.7 Å². The molecule has 0 saturated heterocycles. The molecule has 3 nitrogen and oxygen atoms in total. The topological polar surface area (TPSA) is 55.1 Å². The Morgan fingerprint density at radius 2 is 2.07 bits per heavy atom. The summed E-state index contributed by atoms with van der Waals surface area (Å²) in [4.78, 5) is 10.7. The zero-order chi connectivity index (χ0) is 10.6. The molecular formula is C11H16N2O. The van der Waals surface area contributed by atoms with Gasteiger partial charge in [0.2, 0.25) is 0 Å². The third-order valence-electron chi connectivity index (χ3n) is 2.27. The first-order chi connectivity index (χ1) is 6.69. The fraction of sp³-hybridized carbons (Fsp3) is 0.364. The van der Waals surface area contributed by atoms with Gasteiger partial charge in [0, 0.05) is 5.69 Å². The van der Waals surface area contributed by atoms with E-state index in [2.05, 4.69) is 25.2 Å². The van der Waals surface area contributed by atoms with E-state index in [9.17, 15) is 4.79 Å². The molecule has 0 unspecified atom stereocenters. The Morgan fingerprint density at radius 3 is 2.57 bits per heavy atom. The number of nitrogens with one attached hydrogen (secondary N) is 1. The molecule has 1 rings (SSSR count). The van der Waals surface area contributed by atoms with Crippen molar-refractivity contribution in [1.82, 2.24) is 0 Å². The number of amides is 2. The zero-order valence-corrected chi connectivity index (χ0v) is 8.63. The number of anilines is 1. The average Bonchev–Trinajstić information content (AvgIpc) is 2.16. The van der Waals surface area contributed by atoms with Crippen LogP contribution >= 0.6 is 0 Å². The van der Waals surface area contributed by atoms with Gasteiger partial charge < -0.3 is 11.1 Å². The summed E-state index contributed by atoms with van der Waals surface area (Å²) in [6.07, 6.45) is 1.87. The van der Waals surface area contributed by atoms with Crippen LogP contribution in [0.3, 0.4) is 0 Å². The highest BCUT2D eigenvalue weighted by atomic mass is 16.2. The van der Waals surface area contributed by atoms with Crippen LogP contribution in [0.15, 0.2) is 18.2 Å². The van der Waals surface area contributed by atoms with E-state index in [1.54, 1.807) is 0 Å². The Kier molecular flexibility index (Phi) is 3.51. The molecule has 0 aliphatic heterocycles. The summed E-state index contributed by atoms with van der Waals surface area (Å²) in [5.74, 6) is 0. The number of primary amides is 1. The van der Waals surface area contributed by atoms with Gasteiger partial charge in [-0.2, -0.15) is 0 Å². The first kappa shape index (κ1) is 10.6. The van der Waals surface area contributed by atoms with Crippen molar-refractivity contribution in [3.63, 3.8) is 0 Å². The number of carbonyl (C=O) groups excluding carboxylic acids is 1. The van der Waals surface area contributed by atoms with E-state index in [1.165, 1.54) is 11.1 Å². The molecule has 14 heavy (non-hydrogen) atoms. The molecule has 0 spiro atoms. The van der Waals surface area contributed by atoms with E-state index in [0.717, 1.165) is 18.5 Å². The van der Waals surface area contributed by atoms with Gasteiger partial charge in [-0.25, -0.2) is 4.79 Å². The van der Waals surface area contributed by atoms with E-state index >= 15 is 0 Å². The minimum Gasteiger partial charge on any atom is -0.351 e. The first-order valence-corrected chi connectivity index (χ1v) is 4.86. The Bertz CT molecular complexity index is 334. The molecule has 0 saturated carbocycles. The van der Waals surface area contributed by atoms with E-state index in [0.29, 0.717) is 0 Å². The van der Waals surface area contributed by atoms with Gasteiger partial charge in [-0.3, -0.25) is 0 Å². The molecule has 0 aromatic heterocycles. The molecule has 0 radical (unpaired) electrons. The van der Waals surface area contributed by atoms with Crippen LogP contribution in [0.25, 0.3) is 0 Å². The minimum atomic E-state index is -0.507. The van der Waals surface area contributed by atoms with Crippen LogP contribution in [0.1, 0.15) is 25.0 Å². The van der Waals surface area contributed by atoms with E-state index in [-0.39, 0.29) is 0 Å². The SMILES string of the molecule is CCc1cccc(NC(N)=O)c1CC. The van der Waals surface area contributed by atoms with Gasteiger partial charge in [-0.1, -0.05) is 26.0 Å². The summed E-state index contributed by atoms with van der Waals surface area (Å²) in [5, 5.41) is 2.64. The fourth-order valence-corrected chi connectivity index (χ4v) is 1.63. The largest absolute Gasteiger partial charge is 0.351 e. The summed E-state index contributed by atoms with van der Waals surface area (Å²) in [6.45, 7) is 4.17. The second kappa shape index (κ2) is 4.65. The van der Waals surface area contributed by atoms with Gasteiger partial charge in [0.05, 0.1) is 0 Å². The maximum Gasteiger partial charge on any atom is 0.316 e. The lowest BCUT2D eigenvalue weighted by Gasteiger charge is -2.11. The number of benzene rings is 1. The molecule has 0 atom stereocenters. The van der Waals surface area contributed by atoms with Crippen molar-refractivity contribution in [2.75, 3.05) is 5.32 Å². The van der Waals surface area contributed by atoms with Crippen molar-refractivity contribution in [3.8, 4) is 0 Å². The standard InChI is InChI=1S/C11H16N2O/c1-3-8-6-5-7-10(9(8)4-2)13-11(12)14/h5-7H,3-4H2,1-2H3,(H3,12,13,14). The van der Waals surface area contributed by atoms with Crippen molar-refractivity contribution in [3.05, 3.63) is 29.3 Å². The summed E-state index contributed by atoms with van der Waals surface area (Å²) < 4.78 is 0. The molecule has 3 heteroatoms. The molecule has 1 aromatic carbocycles. The maximum absolute atomic E-state index is 10.7. The van der Waals surface area contributed by atoms with Gasteiger partial charge >= 0.3 is 6.03 Å². The van der Waals surface area contributed by atoms with Crippen molar-refractivity contribution in [2.24, 2.45) is 5.73 Å². The molecule has 76 valence electrons. The average molecular weight is 192 g/mol. The lowest BCUT2D eigenvalue weighted by Crippen LogP contribution is -2.20. The zero-order valence-electron chi connectivity index (χ0n) is 8.63. The Labute approximate surface area is 84.3 Å². The van der Waals surface area contributed by atoms with Gasteiger partial charge in [-0.05, 0) is 30.0 Å². The van der Waals surface area contributed by atoms with Gasteiger partial charge in [0.1, 0.15) is 0 Å². The van der Waals surface area contributed by atoms with Crippen LogP contribution in [0.4, 0.5) is 10.5 Å². The number of urea groups is 1. The molecule has 0 aliphatic carbocycles. The van der Waals surface area contributed by atoms with E-state index < -0.39 is 6.03 Å². The molecule has 1 aromatic rings. The first-order valence-electron chi connectivity index (χ1n) is 4.86. The molecule has 3 N–H and O–H groups in total. The highest BCUT2D eigenvalue weighted by molar-refractivity contribution is 5.88. The summed E-state index contributed by atoms with van der Waals surface area (Å²) in [5.41, 5.74) is 8.36. The highest BCUT2D eigenvalue weighted by Crippen LogP contribution is 2.20. The van der Waals surface area contributed by atoms with Crippen molar-refractivity contribution >= 4 is 11.7 Å². The molecule has 2 amide bonds. The van der Waals surface area contributed by atoms with Gasteiger partial charge in [0.25, 0.3) is 0 Å². The van der Waals surface area contributed by atoms with E-state index in [1.807, 2.05) is 12.1 Å². The number of rotatable bonds is 3. The number of aryl methyl sites for hydroxylation is 1. The smallest absolute Gasteiger partial charge is 0.316 e.